The lowest BCUT2D eigenvalue weighted by Gasteiger charge is -2.41. The molecule has 3 aromatic rings. The van der Waals surface area contributed by atoms with E-state index in [1.807, 2.05) is 11.3 Å². The van der Waals surface area contributed by atoms with E-state index in [1.165, 1.54) is 38.7 Å². The number of nitrogens with zero attached hydrogens (tertiary/aromatic N) is 3. The molecule has 2 aliphatic rings. The topological polar surface area (TPSA) is 93.4 Å². The van der Waals surface area contributed by atoms with Gasteiger partial charge >= 0.3 is 11.9 Å². The molecule has 0 amide bonds. The fourth-order valence-electron chi connectivity index (χ4n) is 4.88. The van der Waals surface area contributed by atoms with Crippen molar-refractivity contribution < 1.29 is 19.8 Å². The lowest BCUT2D eigenvalue weighted by atomic mass is 10.0. The van der Waals surface area contributed by atoms with Gasteiger partial charge in [-0.2, -0.15) is 0 Å². The first-order valence-corrected chi connectivity index (χ1v) is 13.8. The maximum absolute atomic E-state index is 9.64. The molecule has 0 radical (unpaired) electrons. The first-order valence-electron chi connectivity index (χ1n) is 13.0. The van der Waals surface area contributed by atoms with Gasteiger partial charge in [0.1, 0.15) is 5.84 Å². The number of piperazine rings is 1. The number of hydrogen-bond acceptors (Lipinski definition) is 6. The Balaban J connectivity index is 0.000000368. The number of rotatable bonds is 6. The fraction of sp³-hybridized carbons (Fsp3) is 0.367. The first kappa shape index (κ1) is 27.5. The molecule has 3 heterocycles. The van der Waals surface area contributed by atoms with Gasteiger partial charge in [-0.3, -0.25) is 14.5 Å². The molecule has 7 nitrogen and oxygen atoms in total. The number of thiophene rings is 1. The molecule has 0 spiro atoms. The van der Waals surface area contributed by atoms with Crippen LogP contribution in [-0.2, 0) is 22.4 Å². The van der Waals surface area contributed by atoms with Crippen molar-refractivity contribution in [2.24, 2.45) is 4.99 Å². The molecular weight excluding hydrogens is 498 g/mol. The molecule has 0 bridgehead atoms. The summed E-state index contributed by atoms with van der Waals surface area (Å²) >= 11 is 1.93. The zero-order chi connectivity index (χ0) is 27.1. The van der Waals surface area contributed by atoms with Crippen molar-refractivity contribution in [1.82, 2.24) is 9.80 Å². The minimum absolute atomic E-state index is 0.296. The van der Waals surface area contributed by atoms with Crippen molar-refractivity contribution in [2.75, 3.05) is 26.7 Å². The van der Waals surface area contributed by atoms with Crippen LogP contribution in [0.1, 0.15) is 45.7 Å². The predicted octanol–water partition coefficient (Wildman–Crippen LogP) is 5.22. The summed E-state index contributed by atoms with van der Waals surface area (Å²) in [6.45, 7) is 5.38. The number of para-hydroxylation sites is 1. The summed E-state index contributed by atoms with van der Waals surface area (Å²) in [6.07, 6.45) is 2.70. The number of fused-ring (bicyclic) bond motifs is 2. The Morgan fingerprint density at radius 2 is 1.68 bits per heavy atom. The average Bonchev–Trinajstić information content (AvgIpc) is 3.19. The van der Waals surface area contributed by atoms with Gasteiger partial charge in [-0.1, -0.05) is 48.5 Å². The third kappa shape index (κ3) is 7.30. The number of likely N-dealkylation sites (N-methyl/N-ethyl adjacent to an activating group) is 1. The van der Waals surface area contributed by atoms with E-state index in [1.54, 1.807) is 0 Å². The minimum atomic E-state index is -1.08. The number of carboxylic acid groups (broad SMARTS) is 2. The lowest BCUT2D eigenvalue weighted by Crippen LogP contribution is -2.53. The highest BCUT2D eigenvalue weighted by atomic mass is 32.1. The second-order valence-corrected chi connectivity index (χ2v) is 11.2. The van der Waals surface area contributed by atoms with E-state index in [4.69, 9.17) is 15.2 Å². The summed E-state index contributed by atoms with van der Waals surface area (Å²) in [5.74, 6) is -0.975. The highest BCUT2D eigenvalue weighted by Crippen LogP contribution is 2.34. The molecule has 1 aromatic heterocycles. The second kappa shape index (κ2) is 12.8. The van der Waals surface area contributed by atoms with Crippen LogP contribution in [0.4, 0.5) is 5.69 Å². The van der Waals surface area contributed by atoms with E-state index in [2.05, 4.69) is 84.4 Å². The maximum Gasteiger partial charge on any atom is 0.303 e. The van der Waals surface area contributed by atoms with Crippen LogP contribution >= 0.6 is 11.3 Å². The number of carbonyl (C=O) groups is 2. The third-order valence-corrected chi connectivity index (χ3v) is 8.03. The minimum Gasteiger partial charge on any atom is -0.481 e. The molecule has 8 heteroatoms. The molecule has 38 heavy (non-hydrogen) atoms. The zero-order valence-electron chi connectivity index (χ0n) is 22.0. The van der Waals surface area contributed by atoms with Gasteiger partial charge in [-0.15, -0.1) is 11.3 Å². The Morgan fingerprint density at radius 3 is 2.39 bits per heavy atom. The second-order valence-electron chi connectivity index (χ2n) is 9.83. The van der Waals surface area contributed by atoms with E-state index < -0.39 is 11.9 Å². The van der Waals surface area contributed by atoms with E-state index in [0.717, 1.165) is 38.2 Å². The van der Waals surface area contributed by atoms with Gasteiger partial charge in [0.15, 0.2) is 0 Å². The fourth-order valence-corrected chi connectivity index (χ4v) is 5.94. The van der Waals surface area contributed by atoms with Crippen molar-refractivity contribution >= 4 is 34.8 Å². The lowest BCUT2D eigenvalue weighted by molar-refractivity contribution is -0.143. The van der Waals surface area contributed by atoms with Crippen LogP contribution in [0.2, 0.25) is 0 Å². The molecule has 0 saturated carbocycles. The van der Waals surface area contributed by atoms with Crippen LogP contribution in [-0.4, -0.2) is 70.5 Å². The Hall–Kier alpha value is -3.49. The van der Waals surface area contributed by atoms with Crippen molar-refractivity contribution in [3.63, 3.8) is 0 Å². The van der Waals surface area contributed by atoms with Crippen molar-refractivity contribution in [3.05, 3.63) is 87.1 Å². The number of hydrogen-bond donors (Lipinski definition) is 2. The van der Waals surface area contributed by atoms with Gasteiger partial charge in [0.25, 0.3) is 0 Å². The molecular formula is C30H35N3O4S. The van der Waals surface area contributed by atoms with Crippen LogP contribution in [0.3, 0.4) is 0 Å². The predicted molar refractivity (Wildman–Crippen MR) is 152 cm³/mol. The Bertz CT molecular complexity index is 1270. The SMILES string of the molecule is Cc1cc2c(s1)Cc1ccccc1N=C2N1CCN(C)C(CCc2ccccc2)C1.O=C(O)CCC(=O)O. The number of aliphatic imine (C=N–C) groups is 1. The van der Waals surface area contributed by atoms with Gasteiger partial charge < -0.3 is 15.1 Å². The quantitative estimate of drug-likeness (QED) is 0.451. The van der Waals surface area contributed by atoms with Crippen LogP contribution in [0.25, 0.3) is 0 Å². The molecule has 0 aliphatic carbocycles. The smallest absolute Gasteiger partial charge is 0.303 e. The summed E-state index contributed by atoms with van der Waals surface area (Å²) in [6, 6.07) is 22.4. The summed E-state index contributed by atoms with van der Waals surface area (Å²) in [4.78, 5) is 32.4. The van der Waals surface area contributed by atoms with E-state index in [9.17, 15) is 9.59 Å². The van der Waals surface area contributed by atoms with Crippen LogP contribution in [0, 0.1) is 6.92 Å². The Kier molecular flexibility index (Phi) is 9.31. The number of aryl methyl sites for hydroxylation is 2. The van der Waals surface area contributed by atoms with Crippen LogP contribution in [0.5, 0.6) is 0 Å². The van der Waals surface area contributed by atoms with Gasteiger partial charge in [0.05, 0.1) is 18.5 Å². The third-order valence-electron chi connectivity index (χ3n) is 6.98. The number of benzene rings is 2. The van der Waals surface area contributed by atoms with E-state index >= 15 is 0 Å². The highest BCUT2D eigenvalue weighted by Gasteiger charge is 2.29. The van der Waals surface area contributed by atoms with Crippen molar-refractivity contribution in [3.8, 4) is 0 Å². The zero-order valence-corrected chi connectivity index (χ0v) is 22.8. The molecule has 2 aliphatic heterocycles. The Labute approximate surface area is 228 Å². The number of carboxylic acids is 2. The van der Waals surface area contributed by atoms with Crippen LogP contribution < -0.4 is 0 Å². The normalized spacial score (nSPS) is 16.8. The first-order chi connectivity index (χ1) is 18.3. The number of aliphatic carboxylic acids is 2. The van der Waals surface area contributed by atoms with Crippen molar-refractivity contribution in [1.29, 1.82) is 0 Å². The molecule has 5 rings (SSSR count). The summed E-state index contributed by atoms with van der Waals surface area (Å²) in [5, 5.41) is 15.8. The van der Waals surface area contributed by atoms with Gasteiger partial charge in [-0.05, 0) is 50.1 Å². The highest BCUT2D eigenvalue weighted by molar-refractivity contribution is 7.12. The number of amidine groups is 1. The van der Waals surface area contributed by atoms with E-state index in [-0.39, 0.29) is 12.8 Å². The van der Waals surface area contributed by atoms with Gasteiger partial charge in [0, 0.05) is 47.4 Å². The van der Waals surface area contributed by atoms with Gasteiger partial charge in [0.2, 0.25) is 0 Å². The molecule has 1 atom stereocenters. The molecule has 200 valence electrons. The van der Waals surface area contributed by atoms with Crippen LogP contribution in [0.15, 0.2) is 65.7 Å². The monoisotopic (exact) mass is 533 g/mol. The summed E-state index contributed by atoms with van der Waals surface area (Å²) in [5.41, 5.74) is 5.25. The average molecular weight is 534 g/mol. The summed E-state index contributed by atoms with van der Waals surface area (Å²) in [7, 11) is 2.28. The summed E-state index contributed by atoms with van der Waals surface area (Å²) < 4.78 is 0. The molecule has 1 saturated heterocycles. The molecule has 1 fully saturated rings. The largest absolute Gasteiger partial charge is 0.481 e. The maximum atomic E-state index is 9.64. The van der Waals surface area contributed by atoms with Gasteiger partial charge in [-0.25, -0.2) is 4.99 Å². The van der Waals surface area contributed by atoms with Crippen molar-refractivity contribution in [2.45, 2.75) is 45.1 Å². The molecule has 2 aromatic carbocycles. The van der Waals surface area contributed by atoms with E-state index in [0.29, 0.717) is 6.04 Å². The Morgan fingerprint density at radius 1 is 1.00 bits per heavy atom. The standard InChI is InChI=1S/C26H29N3S.C4H6O4/c1-19-16-23-25(30-19)17-21-10-6-7-11-24(21)27-26(23)29-15-14-28(2)22(18-29)13-12-20-8-4-3-5-9-20;5-3(6)1-2-4(7)8/h3-11,16,22H,12-15,17-18H2,1-2H3;1-2H2,(H,5,6)(H,7,8). The molecule has 1 unspecified atom stereocenters. The molecule has 2 N–H and O–H groups in total.